The van der Waals surface area contributed by atoms with Crippen molar-refractivity contribution >= 4 is 18.0 Å². The highest BCUT2D eigenvalue weighted by atomic mass is 16.7. The number of rotatable bonds is 10. The van der Waals surface area contributed by atoms with Gasteiger partial charge in [-0.1, -0.05) is 46.8 Å². The summed E-state index contributed by atoms with van der Waals surface area (Å²) in [7, 11) is 1.39. The quantitative estimate of drug-likeness (QED) is 0.108. The first-order valence-corrected chi connectivity index (χ1v) is 21.5. The summed E-state index contributed by atoms with van der Waals surface area (Å²) >= 11 is 0. The Kier molecular flexibility index (Phi) is 17.5. The number of carbonyl (C=O) groups is 3. The zero-order chi connectivity index (χ0) is 45.0. The maximum atomic E-state index is 14.7. The Morgan fingerprint density at radius 2 is 1.55 bits per heavy atom. The molecule has 3 fully saturated rings. The first-order chi connectivity index (χ1) is 28.0. The van der Waals surface area contributed by atoms with Gasteiger partial charge in [0, 0.05) is 49.5 Å². The summed E-state index contributed by atoms with van der Waals surface area (Å²) in [5, 5.41) is 44.5. The zero-order valence-corrected chi connectivity index (χ0v) is 37.5. The Balaban J connectivity index is 1.77. The van der Waals surface area contributed by atoms with Crippen molar-refractivity contribution in [3.8, 4) is 12.3 Å². The summed E-state index contributed by atoms with van der Waals surface area (Å²) in [5.74, 6) is -4.44. The highest BCUT2D eigenvalue weighted by Gasteiger charge is 2.50. The molecule has 0 aromatic heterocycles. The van der Waals surface area contributed by atoms with Crippen molar-refractivity contribution in [3.63, 3.8) is 0 Å². The molecule has 0 amide bonds. The van der Waals surface area contributed by atoms with Gasteiger partial charge in [-0.25, -0.2) is 0 Å². The van der Waals surface area contributed by atoms with Gasteiger partial charge in [0.2, 0.25) is 0 Å². The smallest absolute Gasteiger partial charge is 0.311 e. The summed E-state index contributed by atoms with van der Waals surface area (Å²) in [5.41, 5.74) is -3.43. The number of hydrogen-bond acceptors (Lipinski definition) is 15. The number of Topliss-reactive ketones (excluding diaryl/α,β-unsaturated/α-hetero) is 1. The lowest BCUT2D eigenvalue weighted by molar-refractivity contribution is -0.298. The van der Waals surface area contributed by atoms with Crippen LogP contribution in [-0.4, -0.2) is 137 Å². The summed E-state index contributed by atoms with van der Waals surface area (Å²) in [4.78, 5) is 41.3. The van der Waals surface area contributed by atoms with Crippen molar-refractivity contribution in [2.24, 2.45) is 47.3 Å². The van der Waals surface area contributed by atoms with E-state index >= 15 is 0 Å². The van der Waals surface area contributed by atoms with Gasteiger partial charge >= 0.3 is 5.97 Å². The molecule has 60 heavy (non-hydrogen) atoms. The van der Waals surface area contributed by atoms with Crippen LogP contribution >= 0.6 is 0 Å². The molecule has 22 atom stereocenters. The van der Waals surface area contributed by atoms with E-state index in [0.29, 0.717) is 12.7 Å². The fourth-order valence-corrected chi connectivity index (χ4v) is 9.76. The number of aliphatic hydroxyl groups is 4. The Morgan fingerprint density at radius 1 is 0.900 bits per heavy atom. The van der Waals surface area contributed by atoms with Gasteiger partial charge in [0.1, 0.15) is 30.2 Å². The van der Waals surface area contributed by atoms with E-state index in [4.69, 9.17) is 44.3 Å². The molecule has 0 radical (unpaired) electrons. The normalized spacial score (nSPS) is 48.0. The maximum Gasteiger partial charge on any atom is 0.311 e. The molecule has 0 aliphatic carbocycles. The van der Waals surface area contributed by atoms with Gasteiger partial charge < -0.3 is 63.1 Å². The van der Waals surface area contributed by atoms with Crippen LogP contribution in [0.25, 0.3) is 0 Å². The van der Waals surface area contributed by atoms with Crippen LogP contribution in [0, 0.1) is 59.7 Å². The number of cyclic esters (lactones) is 1. The first-order valence-electron chi connectivity index (χ1n) is 21.5. The van der Waals surface area contributed by atoms with Crippen molar-refractivity contribution in [1.29, 1.82) is 0 Å². The molecular weight excluding hydrogens is 780 g/mol. The van der Waals surface area contributed by atoms with Crippen molar-refractivity contribution in [2.75, 3.05) is 13.7 Å². The fraction of sp³-hybridized carbons (Fsp3) is 0.844. The third kappa shape index (κ3) is 11.4. The molecule has 4 N–H and O–H groups in total. The van der Waals surface area contributed by atoms with E-state index in [1.165, 1.54) is 21.0 Å². The van der Waals surface area contributed by atoms with E-state index in [9.17, 15) is 34.8 Å². The lowest BCUT2D eigenvalue weighted by atomic mass is 9.71. The van der Waals surface area contributed by atoms with Crippen LogP contribution in [0.4, 0.5) is 0 Å². The minimum Gasteiger partial charge on any atom is -0.461 e. The van der Waals surface area contributed by atoms with Crippen LogP contribution in [0.3, 0.4) is 0 Å². The molecule has 15 heteroatoms. The summed E-state index contributed by atoms with van der Waals surface area (Å²) in [6.45, 7) is 18.7. The van der Waals surface area contributed by atoms with Crippen molar-refractivity contribution in [1.82, 2.24) is 0 Å². The van der Waals surface area contributed by atoms with E-state index in [2.05, 4.69) is 5.92 Å². The van der Waals surface area contributed by atoms with Crippen LogP contribution in [0.2, 0.25) is 0 Å². The number of terminal acetylenes is 1. The van der Waals surface area contributed by atoms with E-state index in [-0.39, 0.29) is 25.6 Å². The Morgan fingerprint density at radius 3 is 2.13 bits per heavy atom. The third-order valence-corrected chi connectivity index (χ3v) is 13.3. The van der Waals surface area contributed by atoms with Crippen LogP contribution in [0.15, 0.2) is 12.2 Å². The number of ketones is 1. The average molecular weight is 853 g/mol. The van der Waals surface area contributed by atoms with Gasteiger partial charge in [-0.2, -0.15) is 0 Å². The third-order valence-electron chi connectivity index (χ3n) is 13.3. The molecule has 15 nitrogen and oxygen atoms in total. The number of ether oxygens (including phenoxy) is 8. The Labute approximate surface area is 356 Å². The number of aldehydes is 1. The largest absolute Gasteiger partial charge is 0.461 e. The molecule has 4 heterocycles. The summed E-state index contributed by atoms with van der Waals surface area (Å²) < 4.78 is 49.5. The molecule has 0 bridgehead atoms. The number of hydrogen-bond donors (Lipinski definition) is 4. The Bertz CT molecular complexity index is 1510. The van der Waals surface area contributed by atoms with Gasteiger partial charge in [0.15, 0.2) is 24.7 Å². The molecule has 11 unspecified atom stereocenters. The van der Waals surface area contributed by atoms with Crippen molar-refractivity contribution in [3.05, 3.63) is 12.2 Å². The second-order valence-electron chi connectivity index (χ2n) is 18.5. The molecule has 0 saturated carbocycles. The molecule has 0 spiro atoms. The molecule has 3 saturated heterocycles. The standard InChI is InChI=1S/C45H72O15/c1-14-31-25(5)37(23(3)21-54-43-32(20-46)39(53-13)35(47)29(9)57-43)60-42(50)28(8)38(59-34-19-45(12,52)41(49)30(10)56-34)27(7)36(58-33-17-15-16-24(4)55-33)22(2)18-44(11,51)40(48)26(31)6/h1,15-16,20,22-39,41,43,47,49,51-52H,17-19,21H2,2-13H3/t22?,23-,24?,25+,26+,27?,28?,29-,30?,31-,32?,33?,34-,35?,36-,37?,38+,39?,41-,43-,44?,45+/m0/s1. The van der Waals surface area contributed by atoms with E-state index in [0.717, 1.165) is 0 Å². The van der Waals surface area contributed by atoms with Gasteiger partial charge in [0.05, 0.1) is 60.7 Å². The van der Waals surface area contributed by atoms with Crippen molar-refractivity contribution in [2.45, 2.75) is 180 Å². The average Bonchev–Trinajstić information content (AvgIpc) is 3.18. The minimum absolute atomic E-state index is 0.0269. The topological polar surface area (TPSA) is 206 Å². The number of aliphatic hydroxyl groups excluding tert-OH is 2. The Hall–Kier alpha value is -2.33. The minimum atomic E-state index is -1.86. The zero-order valence-electron chi connectivity index (χ0n) is 37.5. The highest BCUT2D eigenvalue weighted by Crippen LogP contribution is 2.40. The highest BCUT2D eigenvalue weighted by molar-refractivity contribution is 5.89. The van der Waals surface area contributed by atoms with Crippen LogP contribution in [0.5, 0.6) is 0 Å². The van der Waals surface area contributed by atoms with Crippen LogP contribution in [0.1, 0.15) is 95.4 Å². The second kappa shape index (κ2) is 20.9. The first kappa shape index (κ1) is 50.3. The van der Waals surface area contributed by atoms with E-state index < -0.39 is 138 Å². The number of carbonyl (C=O) groups excluding carboxylic acids is 3. The molecule has 0 aromatic carbocycles. The lowest BCUT2D eigenvalue weighted by Gasteiger charge is -2.46. The number of methoxy groups -OCH3 is 1. The van der Waals surface area contributed by atoms with Gasteiger partial charge in [-0.3, -0.25) is 9.59 Å². The van der Waals surface area contributed by atoms with E-state index in [1.54, 1.807) is 41.5 Å². The summed E-state index contributed by atoms with van der Waals surface area (Å²) in [6.07, 6.45) is 0.502. The van der Waals surface area contributed by atoms with E-state index in [1.807, 2.05) is 32.9 Å². The SMILES string of the molecule is C#C[C@@H]1[C@@H](C)C(=O)C(C)(O)CC(C)[C@H](OC2CC=CC(C)O2)C(C)[C@@H](O[C@H]2C[C@@](C)(O)[C@@H](O)C(C)O2)C(C)C(=O)OC([C@@H](C)CO[C@H]2O[C@@H](C)C(O)C(OC)C2C=O)[C@@H]1C. The molecule has 4 rings (SSSR count). The van der Waals surface area contributed by atoms with Gasteiger partial charge in [-0.05, 0) is 53.9 Å². The molecule has 4 aliphatic heterocycles. The predicted octanol–water partition coefficient (Wildman–Crippen LogP) is 3.35. The molecule has 0 aromatic rings. The number of esters is 1. The van der Waals surface area contributed by atoms with Crippen LogP contribution < -0.4 is 0 Å². The van der Waals surface area contributed by atoms with Crippen molar-refractivity contribution < 1.29 is 72.7 Å². The van der Waals surface area contributed by atoms with Gasteiger partial charge in [0.25, 0.3) is 0 Å². The fourth-order valence-electron chi connectivity index (χ4n) is 9.76. The van der Waals surface area contributed by atoms with Gasteiger partial charge in [-0.15, -0.1) is 12.3 Å². The monoisotopic (exact) mass is 852 g/mol. The molecular formula is C45H72O15. The predicted molar refractivity (Wildman–Crippen MR) is 218 cm³/mol. The van der Waals surface area contributed by atoms with Crippen LogP contribution in [-0.2, 0) is 52.3 Å². The molecule has 4 aliphatic rings. The lowest BCUT2D eigenvalue weighted by Crippen LogP contribution is -2.57. The maximum absolute atomic E-state index is 14.7. The second-order valence-corrected chi connectivity index (χ2v) is 18.5. The summed E-state index contributed by atoms with van der Waals surface area (Å²) in [6, 6.07) is 0. The molecule has 342 valence electrons.